The minimum atomic E-state index is -0.00461. The van der Waals surface area contributed by atoms with Crippen molar-refractivity contribution in [1.82, 2.24) is 4.98 Å². The van der Waals surface area contributed by atoms with Crippen LogP contribution in [0.25, 0.3) is 55.3 Å². The number of pyridine rings is 1. The smallest absolute Gasteiger partial charge is 0.161 e. The zero-order valence-electron chi connectivity index (χ0n) is 23.4. The lowest BCUT2D eigenvalue weighted by Gasteiger charge is -2.22. The summed E-state index contributed by atoms with van der Waals surface area (Å²) in [5.74, 6) is 2.41. The summed E-state index contributed by atoms with van der Waals surface area (Å²) < 4.78 is 13.0. The minimum Gasteiger partial charge on any atom is -0.461 e. The van der Waals surface area contributed by atoms with E-state index >= 15 is 0 Å². The van der Waals surface area contributed by atoms with Crippen LogP contribution >= 0.6 is 0 Å². The molecule has 3 aromatic heterocycles. The molecule has 0 aliphatic rings. The highest BCUT2D eigenvalue weighted by molar-refractivity contribution is 6.03. The molecule has 0 N–H and O–H groups in total. The quantitative estimate of drug-likeness (QED) is 0.241. The van der Waals surface area contributed by atoms with E-state index in [1.165, 1.54) is 21.9 Å². The predicted molar refractivity (Wildman–Crippen MR) is 159 cm³/mol. The summed E-state index contributed by atoms with van der Waals surface area (Å²) in [7, 11) is 0. The normalized spacial score (nSPS) is 12.4. The molecule has 0 atom stereocenters. The van der Waals surface area contributed by atoms with Gasteiger partial charge in [-0.15, -0.1) is 0 Å². The summed E-state index contributed by atoms with van der Waals surface area (Å²) in [6.45, 7) is 15.5. The van der Waals surface area contributed by atoms with E-state index in [-0.39, 0.29) is 5.41 Å². The van der Waals surface area contributed by atoms with Crippen LogP contribution in [-0.4, -0.2) is 4.98 Å². The molecule has 38 heavy (non-hydrogen) atoms. The fourth-order valence-electron chi connectivity index (χ4n) is 5.85. The van der Waals surface area contributed by atoms with Crippen LogP contribution in [0.15, 0.2) is 75.7 Å². The third-order valence-corrected chi connectivity index (χ3v) is 7.67. The van der Waals surface area contributed by atoms with E-state index in [0.717, 1.165) is 62.3 Å². The van der Waals surface area contributed by atoms with Crippen LogP contribution < -0.4 is 0 Å². The summed E-state index contributed by atoms with van der Waals surface area (Å²) in [6, 6.07) is 21.5. The Labute approximate surface area is 224 Å². The molecule has 192 valence electrons. The van der Waals surface area contributed by atoms with Crippen molar-refractivity contribution in [3.8, 4) is 22.6 Å². The Morgan fingerprint density at radius 3 is 2.42 bits per heavy atom. The summed E-state index contributed by atoms with van der Waals surface area (Å²) in [4.78, 5) is 4.87. The maximum absolute atomic E-state index is 6.78. The van der Waals surface area contributed by atoms with Crippen LogP contribution in [0.3, 0.4) is 0 Å². The fraction of sp³-hybridized carbons (Fsp3) is 0.286. The second-order valence-electron chi connectivity index (χ2n) is 12.0. The maximum atomic E-state index is 6.78. The average Bonchev–Trinajstić information content (AvgIpc) is 3.38. The summed E-state index contributed by atoms with van der Waals surface area (Å²) in [6.07, 6.45) is 2.87. The number of furan rings is 2. The molecule has 0 saturated carbocycles. The van der Waals surface area contributed by atoms with Gasteiger partial charge >= 0.3 is 0 Å². The zero-order valence-corrected chi connectivity index (χ0v) is 23.4. The Hall–Kier alpha value is -3.85. The van der Waals surface area contributed by atoms with Crippen LogP contribution in [0.4, 0.5) is 0 Å². The van der Waals surface area contributed by atoms with Gasteiger partial charge in [0.05, 0.1) is 0 Å². The molecular weight excluding hydrogens is 466 g/mol. The Bertz CT molecular complexity index is 1820. The Morgan fingerprint density at radius 1 is 0.868 bits per heavy atom. The summed E-state index contributed by atoms with van der Waals surface area (Å²) >= 11 is 0. The number of aromatic nitrogens is 1. The monoisotopic (exact) mass is 501 g/mol. The zero-order chi connectivity index (χ0) is 26.8. The second kappa shape index (κ2) is 8.87. The molecule has 3 heterocycles. The van der Waals surface area contributed by atoms with Gasteiger partial charge in [-0.3, -0.25) is 4.98 Å². The van der Waals surface area contributed by atoms with E-state index in [9.17, 15) is 0 Å². The van der Waals surface area contributed by atoms with Crippen molar-refractivity contribution in [2.45, 2.75) is 60.3 Å². The standard InChI is InChI=1S/C35H35NO2/c1-20(2)17-28-22(4)37-30-14-10-13-27(31(28)30)33-21(3)25-15-16-36-32(34(25)38-33)24-18-23-11-8-9-12-26(23)29(19-24)35(5,6)7/h8-16,18-20H,17H2,1-7H3. The average molecular weight is 502 g/mol. The van der Waals surface area contributed by atoms with Gasteiger partial charge < -0.3 is 8.83 Å². The number of hydrogen-bond acceptors (Lipinski definition) is 3. The lowest BCUT2D eigenvalue weighted by molar-refractivity contribution is 0.560. The van der Waals surface area contributed by atoms with Gasteiger partial charge in [0.1, 0.15) is 22.8 Å². The highest BCUT2D eigenvalue weighted by Crippen LogP contribution is 2.43. The largest absolute Gasteiger partial charge is 0.461 e. The topological polar surface area (TPSA) is 39.2 Å². The first-order chi connectivity index (χ1) is 18.1. The van der Waals surface area contributed by atoms with E-state index in [4.69, 9.17) is 13.8 Å². The fourth-order valence-corrected chi connectivity index (χ4v) is 5.85. The molecule has 0 unspecified atom stereocenters. The van der Waals surface area contributed by atoms with Gasteiger partial charge in [0, 0.05) is 39.2 Å². The third-order valence-electron chi connectivity index (χ3n) is 7.67. The van der Waals surface area contributed by atoms with E-state index in [2.05, 4.69) is 109 Å². The number of benzene rings is 3. The Morgan fingerprint density at radius 2 is 1.66 bits per heavy atom. The van der Waals surface area contributed by atoms with Crippen molar-refractivity contribution in [2.75, 3.05) is 0 Å². The molecule has 0 fully saturated rings. The number of hydrogen-bond donors (Lipinski definition) is 0. The highest BCUT2D eigenvalue weighted by atomic mass is 16.3. The summed E-state index contributed by atoms with van der Waals surface area (Å²) in [5, 5.41) is 4.76. The third kappa shape index (κ3) is 3.93. The van der Waals surface area contributed by atoms with Gasteiger partial charge in [-0.1, -0.05) is 71.0 Å². The Kier molecular flexibility index (Phi) is 5.72. The van der Waals surface area contributed by atoms with Crippen molar-refractivity contribution in [3.63, 3.8) is 0 Å². The van der Waals surface area contributed by atoms with Gasteiger partial charge in [0.2, 0.25) is 0 Å². The number of fused-ring (bicyclic) bond motifs is 3. The number of rotatable bonds is 4. The molecule has 0 aliphatic heterocycles. The minimum absolute atomic E-state index is 0.00461. The van der Waals surface area contributed by atoms with Crippen molar-refractivity contribution >= 4 is 32.7 Å². The van der Waals surface area contributed by atoms with E-state index < -0.39 is 0 Å². The van der Waals surface area contributed by atoms with Gasteiger partial charge in [-0.2, -0.15) is 0 Å². The van der Waals surface area contributed by atoms with Gasteiger partial charge in [-0.25, -0.2) is 0 Å². The summed E-state index contributed by atoms with van der Waals surface area (Å²) in [5.41, 5.74) is 8.50. The lowest BCUT2D eigenvalue weighted by atomic mass is 9.82. The van der Waals surface area contributed by atoms with Crippen LogP contribution in [0, 0.1) is 19.8 Å². The van der Waals surface area contributed by atoms with Crippen LogP contribution in [0.5, 0.6) is 0 Å². The molecule has 3 nitrogen and oxygen atoms in total. The van der Waals surface area contributed by atoms with Gasteiger partial charge in [0.15, 0.2) is 5.58 Å². The van der Waals surface area contributed by atoms with Crippen LogP contribution in [0.1, 0.15) is 57.1 Å². The molecular formula is C35H35NO2. The molecule has 0 aliphatic carbocycles. The first kappa shape index (κ1) is 24.5. The second-order valence-corrected chi connectivity index (χ2v) is 12.0. The Balaban J connectivity index is 1.61. The van der Waals surface area contributed by atoms with Gasteiger partial charge in [-0.05, 0) is 72.2 Å². The first-order valence-corrected chi connectivity index (χ1v) is 13.6. The molecule has 0 spiro atoms. The molecule has 0 bridgehead atoms. The first-order valence-electron chi connectivity index (χ1n) is 13.6. The molecule has 3 aromatic carbocycles. The van der Waals surface area contributed by atoms with Crippen molar-refractivity contribution in [1.29, 1.82) is 0 Å². The van der Waals surface area contributed by atoms with E-state index in [1.807, 2.05) is 6.20 Å². The molecule has 6 aromatic rings. The molecule has 6 rings (SSSR count). The molecule has 0 amide bonds. The lowest BCUT2D eigenvalue weighted by Crippen LogP contribution is -2.12. The van der Waals surface area contributed by atoms with Crippen LogP contribution in [-0.2, 0) is 11.8 Å². The van der Waals surface area contributed by atoms with E-state index in [1.54, 1.807) is 0 Å². The highest BCUT2D eigenvalue weighted by Gasteiger charge is 2.24. The van der Waals surface area contributed by atoms with E-state index in [0.29, 0.717) is 5.92 Å². The number of aryl methyl sites for hydroxylation is 2. The van der Waals surface area contributed by atoms with Crippen LogP contribution in [0.2, 0.25) is 0 Å². The maximum Gasteiger partial charge on any atom is 0.161 e. The molecule has 0 radical (unpaired) electrons. The molecule has 0 saturated heterocycles. The predicted octanol–water partition coefficient (Wildman–Crippen LogP) is 10.2. The SMILES string of the molecule is Cc1oc2cccc(-c3oc4c(-c5cc(C(C)(C)C)c6ccccc6c5)nccc4c3C)c2c1CC(C)C. The van der Waals surface area contributed by atoms with Gasteiger partial charge in [0.25, 0.3) is 0 Å². The molecule has 3 heteroatoms. The van der Waals surface area contributed by atoms with Crippen molar-refractivity contribution in [3.05, 3.63) is 89.3 Å². The van der Waals surface area contributed by atoms with Crippen molar-refractivity contribution in [2.24, 2.45) is 5.92 Å². The van der Waals surface area contributed by atoms with Crippen molar-refractivity contribution < 1.29 is 8.83 Å². The number of nitrogens with zero attached hydrogens (tertiary/aromatic N) is 1.